The number of hydrogen-bond acceptors (Lipinski definition) is 3. The van der Waals surface area contributed by atoms with Gasteiger partial charge in [-0.25, -0.2) is 0 Å². The van der Waals surface area contributed by atoms with Crippen molar-refractivity contribution in [3.8, 4) is 0 Å². The third kappa shape index (κ3) is 2.18. The summed E-state index contributed by atoms with van der Waals surface area (Å²) in [4.78, 5) is 23.9. The lowest BCUT2D eigenvalue weighted by Crippen LogP contribution is -2.48. The van der Waals surface area contributed by atoms with Crippen LogP contribution in [-0.2, 0) is 9.59 Å². The molecule has 0 aliphatic carbocycles. The highest BCUT2D eigenvalue weighted by Crippen LogP contribution is 2.32. The van der Waals surface area contributed by atoms with Crippen molar-refractivity contribution in [2.75, 3.05) is 19.6 Å². The van der Waals surface area contributed by atoms with Gasteiger partial charge in [0.2, 0.25) is 0 Å². The Morgan fingerprint density at radius 2 is 1.73 bits per heavy atom. The molecule has 1 aliphatic heterocycles. The van der Waals surface area contributed by atoms with E-state index in [9.17, 15) is 9.59 Å². The number of hydrogen-bond donors (Lipinski definition) is 2. The molecule has 84 valence electrons. The van der Waals surface area contributed by atoms with Crippen LogP contribution in [0.25, 0.3) is 0 Å². The molecular formula is C10H15NO4. The number of carbonyl (C=O) groups is 2. The Kier molecular flexibility index (Phi) is 3.47. The Balaban J connectivity index is 2.70. The number of rotatable bonds is 4. The molecule has 1 fully saturated rings. The highest BCUT2D eigenvalue weighted by Gasteiger charge is 2.48. The van der Waals surface area contributed by atoms with Crippen LogP contribution < -0.4 is 0 Å². The van der Waals surface area contributed by atoms with E-state index in [-0.39, 0.29) is 12.8 Å². The van der Waals surface area contributed by atoms with Gasteiger partial charge in [-0.2, -0.15) is 0 Å². The molecule has 0 spiro atoms. The van der Waals surface area contributed by atoms with Crippen LogP contribution in [0.15, 0.2) is 12.7 Å². The normalized spacial score (nSPS) is 20.8. The van der Waals surface area contributed by atoms with E-state index in [2.05, 4.69) is 6.58 Å². The van der Waals surface area contributed by atoms with E-state index in [1.165, 1.54) is 0 Å². The lowest BCUT2D eigenvalue weighted by atomic mass is 9.78. The summed E-state index contributed by atoms with van der Waals surface area (Å²) in [6.45, 7) is 5.24. The third-order valence-electron chi connectivity index (χ3n) is 2.92. The van der Waals surface area contributed by atoms with E-state index >= 15 is 0 Å². The van der Waals surface area contributed by atoms with E-state index < -0.39 is 17.4 Å². The lowest BCUT2D eigenvalue weighted by Gasteiger charge is -2.35. The number of carboxylic acid groups (broad SMARTS) is 2. The number of piperidine rings is 1. The average molecular weight is 213 g/mol. The van der Waals surface area contributed by atoms with Crippen molar-refractivity contribution >= 4 is 11.9 Å². The van der Waals surface area contributed by atoms with E-state index in [0.29, 0.717) is 19.6 Å². The zero-order valence-corrected chi connectivity index (χ0v) is 8.48. The molecule has 0 unspecified atom stereocenters. The number of aliphatic carboxylic acids is 2. The zero-order chi connectivity index (χ0) is 11.5. The monoisotopic (exact) mass is 213 g/mol. The topological polar surface area (TPSA) is 77.8 Å². The van der Waals surface area contributed by atoms with Gasteiger partial charge in [0, 0.05) is 19.6 Å². The molecule has 0 saturated carbocycles. The molecule has 0 aromatic carbocycles. The first-order valence-electron chi connectivity index (χ1n) is 4.83. The fourth-order valence-corrected chi connectivity index (χ4v) is 1.82. The van der Waals surface area contributed by atoms with Crippen molar-refractivity contribution in [3.63, 3.8) is 0 Å². The van der Waals surface area contributed by atoms with Gasteiger partial charge in [-0.15, -0.1) is 6.58 Å². The molecule has 1 rings (SSSR count). The minimum Gasteiger partial charge on any atom is -0.480 e. The predicted octanol–water partition coefficient (Wildman–Crippen LogP) is 0.424. The largest absolute Gasteiger partial charge is 0.480 e. The highest BCUT2D eigenvalue weighted by molar-refractivity contribution is 5.98. The minimum atomic E-state index is -1.59. The molecule has 0 bridgehead atoms. The first-order valence-corrected chi connectivity index (χ1v) is 4.83. The molecule has 1 aliphatic rings. The van der Waals surface area contributed by atoms with Gasteiger partial charge in [-0.3, -0.25) is 14.5 Å². The van der Waals surface area contributed by atoms with Crippen LogP contribution in [0.2, 0.25) is 0 Å². The summed E-state index contributed by atoms with van der Waals surface area (Å²) in [6.07, 6.45) is 2.05. The zero-order valence-electron chi connectivity index (χ0n) is 8.48. The van der Waals surface area contributed by atoms with Gasteiger partial charge in [-0.1, -0.05) is 6.08 Å². The predicted molar refractivity (Wildman–Crippen MR) is 53.6 cm³/mol. The molecular weight excluding hydrogens is 198 g/mol. The second-order valence-electron chi connectivity index (χ2n) is 3.78. The summed E-state index contributed by atoms with van der Waals surface area (Å²) in [5, 5.41) is 17.9. The molecule has 0 atom stereocenters. The van der Waals surface area contributed by atoms with Crippen LogP contribution in [0, 0.1) is 5.41 Å². The van der Waals surface area contributed by atoms with Gasteiger partial charge in [0.15, 0.2) is 5.41 Å². The lowest BCUT2D eigenvalue weighted by molar-refractivity contribution is -0.168. The fourth-order valence-electron chi connectivity index (χ4n) is 1.82. The SMILES string of the molecule is C=CCN1CCC(C(=O)O)(C(=O)O)CC1. The maximum atomic E-state index is 11.0. The maximum absolute atomic E-state index is 11.0. The van der Waals surface area contributed by atoms with Crippen LogP contribution >= 0.6 is 0 Å². The average Bonchev–Trinajstić information content (AvgIpc) is 2.18. The van der Waals surface area contributed by atoms with Crippen molar-refractivity contribution in [3.05, 3.63) is 12.7 Å². The van der Waals surface area contributed by atoms with Crippen LogP contribution in [0.4, 0.5) is 0 Å². The maximum Gasteiger partial charge on any atom is 0.321 e. The molecule has 1 saturated heterocycles. The van der Waals surface area contributed by atoms with Crippen LogP contribution in [0.1, 0.15) is 12.8 Å². The van der Waals surface area contributed by atoms with Gasteiger partial charge >= 0.3 is 11.9 Å². The quantitative estimate of drug-likeness (QED) is 0.523. The molecule has 0 aromatic heterocycles. The molecule has 1 heterocycles. The second-order valence-corrected chi connectivity index (χ2v) is 3.78. The highest BCUT2D eigenvalue weighted by atomic mass is 16.4. The summed E-state index contributed by atoms with van der Waals surface area (Å²) in [6, 6.07) is 0. The van der Waals surface area contributed by atoms with Gasteiger partial charge in [-0.05, 0) is 12.8 Å². The van der Waals surface area contributed by atoms with Gasteiger partial charge in [0.05, 0.1) is 0 Å². The summed E-state index contributed by atoms with van der Waals surface area (Å²) >= 11 is 0. The minimum absolute atomic E-state index is 0.158. The fraction of sp³-hybridized carbons (Fsp3) is 0.600. The Bertz CT molecular complexity index is 263. The van der Waals surface area contributed by atoms with Gasteiger partial charge in [0.25, 0.3) is 0 Å². The number of carboxylic acids is 2. The Labute approximate surface area is 88.0 Å². The summed E-state index contributed by atoms with van der Waals surface area (Å²) in [7, 11) is 0. The van der Waals surface area contributed by atoms with Crippen molar-refractivity contribution in [1.29, 1.82) is 0 Å². The van der Waals surface area contributed by atoms with Crippen molar-refractivity contribution in [2.45, 2.75) is 12.8 Å². The van der Waals surface area contributed by atoms with Crippen molar-refractivity contribution in [1.82, 2.24) is 4.90 Å². The van der Waals surface area contributed by atoms with Crippen molar-refractivity contribution < 1.29 is 19.8 Å². The van der Waals surface area contributed by atoms with E-state index in [4.69, 9.17) is 10.2 Å². The van der Waals surface area contributed by atoms with Crippen LogP contribution in [0.3, 0.4) is 0 Å². The van der Waals surface area contributed by atoms with Crippen LogP contribution in [0.5, 0.6) is 0 Å². The Hall–Kier alpha value is -1.36. The molecule has 0 amide bonds. The van der Waals surface area contributed by atoms with Crippen LogP contribution in [-0.4, -0.2) is 46.7 Å². The number of nitrogens with zero attached hydrogens (tertiary/aromatic N) is 1. The summed E-state index contributed by atoms with van der Waals surface area (Å²) in [5.74, 6) is -2.46. The van der Waals surface area contributed by atoms with E-state index in [1.54, 1.807) is 6.08 Å². The third-order valence-corrected chi connectivity index (χ3v) is 2.92. The molecule has 0 radical (unpaired) electrons. The van der Waals surface area contributed by atoms with E-state index in [0.717, 1.165) is 0 Å². The number of likely N-dealkylation sites (tertiary alicyclic amines) is 1. The molecule has 5 heteroatoms. The standard InChI is InChI=1S/C10H15NO4/c1-2-5-11-6-3-10(4-7-11,8(12)13)9(14)15/h2H,1,3-7H2,(H,12,13)(H,14,15). The molecule has 15 heavy (non-hydrogen) atoms. The Morgan fingerprint density at radius 3 is 2.07 bits per heavy atom. The summed E-state index contributed by atoms with van der Waals surface area (Å²) < 4.78 is 0. The first-order chi connectivity index (χ1) is 7.03. The summed E-state index contributed by atoms with van der Waals surface area (Å²) in [5.41, 5.74) is -1.59. The Morgan fingerprint density at radius 1 is 1.27 bits per heavy atom. The molecule has 0 aromatic rings. The smallest absolute Gasteiger partial charge is 0.321 e. The second kappa shape index (κ2) is 4.44. The molecule has 5 nitrogen and oxygen atoms in total. The van der Waals surface area contributed by atoms with E-state index in [1.807, 2.05) is 4.90 Å². The van der Waals surface area contributed by atoms with Gasteiger partial charge in [0.1, 0.15) is 0 Å². The molecule has 2 N–H and O–H groups in total. The van der Waals surface area contributed by atoms with Gasteiger partial charge < -0.3 is 10.2 Å². The van der Waals surface area contributed by atoms with Crippen molar-refractivity contribution in [2.24, 2.45) is 5.41 Å². The first kappa shape index (κ1) is 11.7.